The van der Waals surface area contributed by atoms with Gasteiger partial charge < -0.3 is 5.11 Å². The van der Waals surface area contributed by atoms with Gasteiger partial charge in [-0.2, -0.15) is 0 Å². The first kappa shape index (κ1) is 10.6. The number of halogens is 1. The fraction of sp³-hybridized carbons (Fsp3) is 0. The Morgan fingerprint density at radius 3 is 2.62 bits per heavy atom. The molecule has 0 radical (unpaired) electrons. The smallest absolute Gasteiger partial charge is 0.336 e. The molecule has 16 heavy (non-hydrogen) atoms. The first-order valence-corrected chi connectivity index (χ1v) is 4.85. The number of hydrogen-bond acceptors (Lipinski definition) is 3. The number of rotatable bonds is 2. The number of pyridine rings is 2. The number of nitrogens with zero attached hydrogens (tertiary/aromatic N) is 2. The van der Waals surface area contributed by atoms with Gasteiger partial charge in [-0.15, -0.1) is 0 Å². The topological polar surface area (TPSA) is 63.1 Å². The number of carbonyl (C=O) groups is 1. The first-order valence-electron chi connectivity index (χ1n) is 4.47. The zero-order valence-corrected chi connectivity index (χ0v) is 8.85. The largest absolute Gasteiger partial charge is 0.478 e. The molecule has 0 aliphatic carbocycles. The molecular weight excluding hydrogens is 228 g/mol. The van der Waals surface area contributed by atoms with Gasteiger partial charge in [0.15, 0.2) is 0 Å². The lowest BCUT2D eigenvalue weighted by molar-refractivity contribution is 0.0697. The molecule has 0 aromatic carbocycles. The van der Waals surface area contributed by atoms with Gasteiger partial charge in [0, 0.05) is 24.2 Å². The van der Waals surface area contributed by atoms with Crippen molar-refractivity contribution in [2.45, 2.75) is 0 Å². The van der Waals surface area contributed by atoms with Gasteiger partial charge in [-0.3, -0.25) is 4.98 Å². The molecule has 80 valence electrons. The molecule has 2 aromatic rings. The quantitative estimate of drug-likeness (QED) is 0.811. The van der Waals surface area contributed by atoms with E-state index in [0.717, 1.165) is 5.56 Å². The Labute approximate surface area is 96.6 Å². The SMILES string of the molecule is O=C(O)c1cc(Cl)ncc1-c1ccncc1. The lowest BCUT2D eigenvalue weighted by Crippen LogP contribution is -2.00. The summed E-state index contributed by atoms with van der Waals surface area (Å²) in [5, 5.41) is 9.21. The van der Waals surface area contributed by atoms with Crippen LogP contribution >= 0.6 is 11.6 Å². The Balaban J connectivity index is 2.61. The van der Waals surface area contributed by atoms with Crippen molar-refractivity contribution in [3.05, 3.63) is 47.5 Å². The lowest BCUT2D eigenvalue weighted by Gasteiger charge is -2.05. The van der Waals surface area contributed by atoms with Crippen molar-refractivity contribution in [3.63, 3.8) is 0 Å². The second-order valence-electron chi connectivity index (χ2n) is 3.09. The van der Waals surface area contributed by atoms with Crippen LogP contribution in [0.5, 0.6) is 0 Å². The van der Waals surface area contributed by atoms with E-state index in [9.17, 15) is 4.79 Å². The van der Waals surface area contributed by atoms with Crippen molar-refractivity contribution in [1.82, 2.24) is 9.97 Å². The molecule has 0 amide bonds. The minimum atomic E-state index is -1.03. The minimum absolute atomic E-state index is 0.131. The zero-order chi connectivity index (χ0) is 11.5. The predicted molar refractivity (Wildman–Crippen MR) is 59.4 cm³/mol. The predicted octanol–water partition coefficient (Wildman–Crippen LogP) is 2.50. The van der Waals surface area contributed by atoms with E-state index in [2.05, 4.69) is 9.97 Å². The van der Waals surface area contributed by atoms with Crippen LogP contribution in [0.3, 0.4) is 0 Å². The van der Waals surface area contributed by atoms with Crippen LogP contribution in [-0.4, -0.2) is 21.0 Å². The molecule has 0 bridgehead atoms. The standard InChI is InChI=1S/C11H7ClN2O2/c12-10-5-8(11(15)16)9(6-14-10)7-1-3-13-4-2-7/h1-6H,(H,15,16). The normalized spacial score (nSPS) is 10.1. The van der Waals surface area contributed by atoms with Crippen molar-refractivity contribution in [2.24, 2.45) is 0 Å². The van der Waals surface area contributed by atoms with Crippen molar-refractivity contribution in [3.8, 4) is 11.1 Å². The third-order valence-corrected chi connectivity index (χ3v) is 2.30. The molecule has 4 nitrogen and oxygen atoms in total. The second-order valence-corrected chi connectivity index (χ2v) is 3.48. The van der Waals surface area contributed by atoms with Crippen molar-refractivity contribution < 1.29 is 9.90 Å². The molecule has 5 heteroatoms. The third-order valence-electron chi connectivity index (χ3n) is 2.09. The van der Waals surface area contributed by atoms with Gasteiger partial charge in [0.25, 0.3) is 0 Å². The highest BCUT2D eigenvalue weighted by atomic mass is 35.5. The molecule has 0 unspecified atom stereocenters. The van der Waals surface area contributed by atoms with Crippen molar-refractivity contribution >= 4 is 17.6 Å². The highest BCUT2D eigenvalue weighted by Crippen LogP contribution is 2.24. The van der Waals surface area contributed by atoms with E-state index < -0.39 is 5.97 Å². The van der Waals surface area contributed by atoms with E-state index in [0.29, 0.717) is 5.56 Å². The van der Waals surface area contributed by atoms with Crippen LogP contribution in [0.4, 0.5) is 0 Å². The first-order chi connectivity index (χ1) is 7.68. The van der Waals surface area contributed by atoms with Crippen LogP contribution in [0.1, 0.15) is 10.4 Å². The van der Waals surface area contributed by atoms with Crippen LogP contribution < -0.4 is 0 Å². The molecule has 2 aromatic heterocycles. The number of carboxylic acids is 1. The van der Waals surface area contributed by atoms with Gasteiger partial charge in [-0.05, 0) is 23.8 Å². The Morgan fingerprint density at radius 1 is 1.31 bits per heavy atom. The molecule has 0 spiro atoms. The highest BCUT2D eigenvalue weighted by Gasteiger charge is 2.12. The second kappa shape index (κ2) is 4.28. The Kier molecular flexibility index (Phi) is 2.83. The number of aromatic nitrogens is 2. The summed E-state index contributed by atoms with van der Waals surface area (Å²) in [6.45, 7) is 0. The van der Waals surface area contributed by atoms with Crippen LogP contribution in [0.25, 0.3) is 11.1 Å². The van der Waals surface area contributed by atoms with Crippen LogP contribution in [-0.2, 0) is 0 Å². The van der Waals surface area contributed by atoms with Crippen LogP contribution in [0.15, 0.2) is 36.8 Å². The van der Waals surface area contributed by atoms with Gasteiger partial charge in [0.05, 0.1) is 5.56 Å². The van der Waals surface area contributed by atoms with E-state index in [4.69, 9.17) is 16.7 Å². The Morgan fingerprint density at radius 2 is 2.00 bits per heavy atom. The van der Waals surface area contributed by atoms with Gasteiger partial charge >= 0.3 is 5.97 Å². The highest BCUT2D eigenvalue weighted by molar-refractivity contribution is 6.29. The lowest BCUT2D eigenvalue weighted by atomic mass is 10.0. The summed E-state index contributed by atoms with van der Waals surface area (Å²) in [4.78, 5) is 18.8. The number of hydrogen-bond donors (Lipinski definition) is 1. The Bertz CT molecular complexity index is 529. The van der Waals surface area contributed by atoms with Crippen LogP contribution in [0, 0.1) is 0 Å². The molecule has 0 fully saturated rings. The van der Waals surface area contributed by atoms with Crippen molar-refractivity contribution in [1.29, 1.82) is 0 Å². The van der Waals surface area contributed by atoms with E-state index in [1.54, 1.807) is 24.5 Å². The maximum absolute atomic E-state index is 11.0. The third kappa shape index (κ3) is 2.01. The maximum atomic E-state index is 11.0. The fourth-order valence-corrected chi connectivity index (χ4v) is 1.53. The molecule has 0 aliphatic rings. The summed E-state index contributed by atoms with van der Waals surface area (Å²) < 4.78 is 0. The van der Waals surface area contributed by atoms with Crippen LogP contribution in [0.2, 0.25) is 5.15 Å². The van der Waals surface area contributed by atoms with E-state index in [1.165, 1.54) is 12.3 Å². The average Bonchev–Trinajstić information content (AvgIpc) is 2.30. The molecule has 0 aliphatic heterocycles. The Hall–Kier alpha value is -1.94. The van der Waals surface area contributed by atoms with Gasteiger partial charge in [0.2, 0.25) is 0 Å². The molecule has 2 rings (SSSR count). The van der Waals surface area contributed by atoms with E-state index in [1.807, 2.05) is 0 Å². The van der Waals surface area contributed by atoms with Gasteiger partial charge in [-0.25, -0.2) is 9.78 Å². The van der Waals surface area contributed by atoms with Gasteiger partial charge in [0.1, 0.15) is 5.15 Å². The fourth-order valence-electron chi connectivity index (χ4n) is 1.37. The molecule has 0 atom stereocenters. The number of aromatic carboxylic acids is 1. The van der Waals surface area contributed by atoms with E-state index in [-0.39, 0.29) is 10.7 Å². The molecule has 2 heterocycles. The van der Waals surface area contributed by atoms with Gasteiger partial charge in [-0.1, -0.05) is 11.6 Å². The molecule has 0 saturated carbocycles. The average molecular weight is 235 g/mol. The maximum Gasteiger partial charge on any atom is 0.336 e. The summed E-state index contributed by atoms with van der Waals surface area (Å²) in [6, 6.07) is 4.77. The summed E-state index contributed by atoms with van der Waals surface area (Å²) in [7, 11) is 0. The summed E-state index contributed by atoms with van der Waals surface area (Å²) in [5.41, 5.74) is 1.40. The summed E-state index contributed by atoms with van der Waals surface area (Å²) in [6.07, 6.45) is 4.63. The van der Waals surface area contributed by atoms with E-state index >= 15 is 0 Å². The molecule has 1 N–H and O–H groups in total. The molecular formula is C11H7ClN2O2. The number of carboxylic acid groups (broad SMARTS) is 1. The zero-order valence-electron chi connectivity index (χ0n) is 8.09. The summed E-state index contributed by atoms with van der Waals surface area (Å²) in [5.74, 6) is -1.03. The summed E-state index contributed by atoms with van der Waals surface area (Å²) >= 11 is 5.66. The molecule has 0 saturated heterocycles. The monoisotopic (exact) mass is 234 g/mol. The minimum Gasteiger partial charge on any atom is -0.478 e. The van der Waals surface area contributed by atoms with Crippen molar-refractivity contribution in [2.75, 3.05) is 0 Å².